The van der Waals surface area contributed by atoms with E-state index < -0.39 is 0 Å². The molecule has 1 N–H and O–H groups in total. The van der Waals surface area contributed by atoms with E-state index in [1.54, 1.807) is 12.1 Å². The second-order valence-corrected chi connectivity index (χ2v) is 7.59. The number of ether oxygens (including phenoxy) is 3. The summed E-state index contributed by atoms with van der Waals surface area (Å²) in [7, 11) is 4.61. The van der Waals surface area contributed by atoms with Crippen LogP contribution in [0.1, 0.15) is 15.2 Å². The van der Waals surface area contributed by atoms with Crippen molar-refractivity contribution in [3.63, 3.8) is 0 Å². The molecular formula is C22H20N2O4S. The van der Waals surface area contributed by atoms with Crippen molar-refractivity contribution < 1.29 is 19.0 Å². The number of methoxy groups -OCH3 is 3. The van der Waals surface area contributed by atoms with E-state index in [1.807, 2.05) is 25.1 Å². The Kier molecular flexibility index (Phi) is 4.98. The number of carbonyl (C=O) groups excluding carboxylic acids is 1. The molecule has 0 saturated heterocycles. The topological polar surface area (TPSA) is 69.7 Å². The zero-order valence-electron chi connectivity index (χ0n) is 16.5. The van der Waals surface area contributed by atoms with E-state index in [9.17, 15) is 4.79 Å². The minimum Gasteiger partial charge on any atom is -0.493 e. The molecule has 1 amide bonds. The van der Waals surface area contributed by atoms with Crippen molar-refractivity contribution >= 4 is 44.1 Å². The maximum Gasteiger partial charge on any atom is 0.265 e. The standard InChI is InChI=1S/C22H20N2O4S/c1-12-5-6-13-8-14-9-19(29-22(14)24-16(13)7-12)21(25)23-15-10-17(26-2)20(28-4)18(11-15)27-3/h5-11H,1-4H3,(H,23,25). The fourth-order valence-corrected chi connectivity index (χ4v) is 4.11. The highest BCUT2D eigenvalue weighted by molar-refractivity contribution is 7.20. The van der Waals surface area contributed by atoms with Gasteiger partial charge in [0.15, 0.2) is 11.5 Å². The molecule has 2 heterocycles. The third-order valence-electron chi connectivity index (χ3n) is 4.61. The first-order valence-corrected chi connectivity index (χ1v) is 9.76. The molecule has 0 aliphatic carbocycles. The number of amides is 1. The van der Waals surface area contributed by atoms with Crippen LogP contribution in [-0.2, 0) is 0 Å². The normalized spacial score (nSPS) is 10.9. The van der Waals surface area contributed by atoms with Crippen molar-refractivity contribution in [3.05, 3.63) is 52.9 Å². The molecule has 0 spiro atoms. The van der Waals surface area contributed by atoms with Crippen LogP contribution in [0, 0.1) is 6.92 Å². The first-order chi connectivity index (χ1) is 14.0. The lowest BCUT2D eigenvalue weighted by atomic mass is 10.1. The van der Waals surface area contributed by atoms with E-state index in [0.717, 1.165) is 26.7 Å². The van der Waals surface area contributed by atoms with Crippen LogP contribution < -0.4 is 19.5 Å². The largest absolute Gasteiger partial charge is 0.493 e. The zero-order chi connectivity index (χ0) is 20.5. The molecule has 0 aliphatic heterocycles. The molecule has 4 aromatic rings. The number of aromatic nitrogens is 1. The van der Waals surface area contributed by atoms with Gasteiger partial charge >= 0.3 is 0 Å². The molecule has 7 heteroatoms. The molecule has 0 fully saturated rings. The molecule has 0 aliphatic rings. The van der Waals surface area contributed by atoms with Gasteiger partial charge in [-0.05, 0) is 30.7 Å². The van der Waals surface area contributed by atoms with Gasteiger partial charge in [-0.1, -0.05) is 12.1 Å². The second kappa shape index (κ2) is 7.60. The number of rotatable bonds is 5. The van der Waals surface area contributed by atoms with Crippen LogP contribution in [0.5, 0.6) is 17.2 Å². The highest BCUT2D eigenvalue weighted by Gasteiger charge is 2.17. The van der Waals surface area contributed by atoms with Gasteiger partial charge < -0.3 is 19.5 Å². The van der Waals surface area contributed by atoms with Crippen LogP contribution in [0.15, 0.2) is 42.5 Å². The third-order valence-corrected chi connectivity index (χ3v) is 5.65. The Bertz CT molecular complexity index is 1210. The van der Waals surface area contributed by atoms with Gasteiger partial charge in [-0.3, -0.25) is 4.79 Å². The second-order valence-electron chi connectivity index (χ2n) is 6.56. The number of carbonyl (C=O) groups is 1. The summed E-state index contributed by atoms with van der Waals surface area (Å²) in [5.74, 6) is 1.20. The van der Waals surface area contributed by atoms with E-state index >= 15 is 0 Å². The Morgan fingerprint density at radius 2 is 1.66 bits per heavy atom. The monoisotopic (exact) mass is 408 g/mol. The number of nitrogens with one attached hydrogen (secondary N) is 1. The van der Waals surface area contributed by atoms with E-state index in [0.29, 0.717) is 27.8 Å². The minimum atomic E-state index is -0.220. The van der Waals surface area contributed by atoms with E-state index in [2.05, 4.69) is 17.4 Å². The Morgan fingerprint density at radius 1 is 0.931 bits per heavy atom. The average molecular weight is 408 g/mol. The number of pyridine rings is 1. The Balaban J connectivity index is 1.68. The Morgan fingerprint density at radius 3 is 2.31 bits per heavy atom. The Hall–Kier alpha value is -3.32. The predicted octanol–water partition coefficient (Wildman–Crippen LogP) is 5.04. The summed E-state index contributed by atoms with van der Waals surface area (Å²) in [6.07, 6.45) is 0. The summed E-state index contributed by atoms with van der Waals surface area (Å²) in [6.45, 7) is 2.04. The molecule has 0 saturated carbocycles. The Labute approximate surface area is 172 Å². The molecule has 4 rings (SSSR count). The van der Waals surface area contributed by atoms with Crippen LogP contribution >= 0.6 is 11.3 Å². The van der Waals surface area contributed by atoms with Crippen molar-refractivity contribution in [3.8, 4) is 17.2 Å². The maximum absolute atomic E-state index is 12.8. The van der Waals surface area contributed by atoms with Gasteiger partial charge in [-0.25, -0.2) is 4.98 Å². The molecule has 0 atom stereocenters. The highest BCUT2D eigenvalue weighted by Crippen LogP contribution is 2.40. The molecule has 2 aromatic carbocycles. The SMILES string of the molecule is COc1cc(NC(=O)c2cc3cc4ccc(C)cc4nc3s2)cc(OC)c1OC. The summed E-state index contributed by atoms with van der Waals surface area (Å²) in [5.41, 5.74) is 2.63. The lowest BCUT2D eigenvalue weighted by Crippen LogP contribution is -2.10. The third kappa shape index (κ3) is 3.56. The smallest absolute Gasteiger partial charge is 0.265 e. The molecule has 0 unspecified atom stereocenters. The van der Waals surface area contributed by atoms with Crippen LogP contribution in [0.2, 0.25) is 0 Å². The van der Waals surface area contributed by atoms with Gasteiger partial charge in [0.05, 0.1) is 31.7 Å². The van der Waals surface area contributed by atoms with Gasteiger partial charge in [-0.15, -0.1) is 11.3 Å². The van der Waals surface area contributed by atoms with E-state index in [1.165, 1.54) is 32.7 Å². The van der Waals surface area contributed by atoms with Crippen LogP contribution in [0.3, 0.4) is 0 Å². The fraction of sp³-hybridized carbons (Fsp3) is 0.182. The first kappa shape index (κ1) is 19.0. The molecule has 148 valence electrons. The van der Waals surface area contributed by atoms with E-state index in [-0.39, 0.29) is 5.91 Å². The lowest BCUT2D eigenvalue weighted by Gasteiger charge is -2.14. The zero-order valence-corrected chi connectivity index (χ0v) is 17.3. The van der Waals surface area contributed by atoms with Crippen LogP contribution in [-0.4, -0.2) is 32.2 Å². The quantitative estimate of drug-likeness (QED) is 0.501. The molecular weight excluding hydrogens is 388 g/mol. The van der Waals surface area contributed by atoms with Gasteiger partial charge in [0, 0.05) is 28.6 Å². The van der Waals surface area contributed by atoms with Crippen LogP contribution in [0.4, 0.5) is 5.69 Å². The van der Waals surface area contributed by atoms with Crippen molar-refractivity contribution in [1.29, 1.82) is 0 Å². The number of fused-ring (bicyclic) bond motifs is 2. The van der Waals surface area contributed by atoms with Gasteiger partial charge in [-0.2, -0.15) is 0 Å². The summed E-state index contributed by atoms with van der Waals surface area (Å²) < 4.78 is 16.0. The molecule has 0 bridgehead atoms. The average Bonchev–Trinajstić information content (AvgIpc) is 3.14. The molecule has 6 nitrogen and oxygen atoms in total. The summed E-state index contributed by atoms with van der Waals surface area (Å²) in [4.78, 5) is 19.0. The highest BCUT2D eigenvalue weighted by atomic mass is 32.1. The van der Waals surface area contributed by atoms with Crippen molar-refractivity contribution in [2.24, 2.45) is 0 Å². The predicted molar refractivity (Wildman–Crippen MR) is 116 cm³/mol. The molecule has 29 heavy (non-hydrogen) atoms. The van der Waals surface area contributed by atoms with E-state index in [4.69, 9.17) is 19.2 Å². The minimum absolute atomic E-state index is 0.220. The number of hydrogen-bond acceptors (Lipinski definition) is 6. The summed E-state index contributed by atoms with van der Waals surface area (Å²) in [5, 5.41) is 4.90. The summed E-state index contributed by atoms with van der Waals surface area (Å²) >= 11 is 1.36. The van der Waals surface area contributed by atoms with Crippen molar-refractivity contribution in [2.45, 2.75) is 6.92 Å². The number of benzene rings is 2. The first-order valence-electron chi connectivity index (χ1n) is 8.94. The fourth-order valence-electron chi connectivity index (χ4n) is 3.19. The van der Waals surface area contributed by atoms with Crippen molar-refractivity contribution in [2.75, 3.05) is 26.6 Å². The van der Waals surface area contributed by atoms with Crippen LogP contribution in [0.25, 0.3) is 21.1 Å². The number of anilines is 1. The number of thiophene rings is 1. The number of nitrogens with zero attached hydrogens (tertiary/aromatic N) is 1. The van der Waals surface area contributed by atoms with Gasteiger partial charge in [0.1, 0.15) is 4.83 Å². The maximum atomic E-state index is 12.8. The van der Waals surface area contributed by atoms with Gasteiger partial charge in [0.25, 0.3) is 5.91 Å². The summed E-state index contributed by atoms with van der Waals surface area (Å²) in [6, 6.07) is 13.5. The van der Waals surface area contributed by atoms with Crippen molar-refractivity contribution in [1.82, 2.24) is 4.98 Å². The molecule has 2 aromatic heterocycles. The number of aryl methyl sites for hydroxylation is 1. The number of hydrogen-bond donors (Lipinski definition) is 1. The van der Waals surface area contributed by atoms with Gasteiger partial charge in [0.2, 0.25) is 5.75 Å². The lowest BCUT2D eigenvalue weighted by molar-refractivity contribution is 0.103. The molecule has 0 radical (unpaired) electrons.